The van der Waals surface area contributed by atoms with Crippen molar-refractivity contribution in [3.8, 4) is 10.7 Å². The van der Waals surface area contributed by atoms with Crippen molar-refractivity contribution in [1.29, 1.82) is 0 Å². The predicted molar refractivity (Wildman–Crippen MR) is 132 cm³/mol. The summed E-state index contributed by atoms with van der Waals surface area (Å²) in [6, 6.07) is 6.62. The number of hydrogen-bond acceptors (Lipinski definition) is 8. The molecule has 1 saturated carbocycles. The van der Waals surface area contributed by atoms with Gasteiger partial charge in [0.05, 0.1) is 21.3 Å². The van der Waals surface area contributed by atoms with Crippen molar-refractivity contribution < 1.29 is 9.18 Å². The van der Waals surface area contributed by atoms with E-state index in [2.05, 4.69) is 32.2 Å². The van der Waals surface area contributed by atoms with Crippen molar-refractivity contribution in [3.63, 3.8) is 0 Å². The van der Waals surface area contributed by atoms with E-state index in [-0.39, 0.29) is 23.8 Å². The molecule has 3 aliphatic rings. The molecule has 4 aromatic rings. The molecule has 3 fully saturated rings. The van der Waals surface area contributed by atoms with E-state index in [1.807, 2.05) is 11.8 Å². The summed E-state index contributed by atoms with van der Waals surface area (Å²) in [5, 5.41) is 4.99. The van der Waals surface area contributed by atoms with Gasteiger partial charge in [-0.1, -0.05) is 18.3 Å². The van der Waals surface area contributed by atoms with Crippen molar-refractivity contribution in [2.45, 2.75) is 38.8 Å². The van der Waals surface area contributed by atoms with Crippen molar-refractivity contribution in [3.05, 3.63) is 53.2 Å². The highest BCUT2D eigenvalue weighted by molar-refractivity contribution is 7.22. The molecule has 0 spiro atoms. The second kappa shape index (κ2) is 8.35. The van der Waals surface area contributed by atoms with E-state index in [1.54, 1.807) is 24.5 Å². The summed E-state index contributed by atoms with van der Waals surface area (Å²) in [7, 11) is 0. The first-order valence-corrected chi connectivity index (χ1v) is 13.0. The summed E-state index contributed by atoms with van der Waals surface area (Å²) < 4.78 is 14.4. The van der Waals surface area contributed by atoms with Crippen LogP contribution in [0.1, 0.15) is 35.3 Å². The summed E-state index contributed by atoms with van der Waals surface area (Å²) in [4.78, 5) is 34.6. The molecule has 7 rings (SSSR count). The Balaban J connectivity index is 1.29. The Morgan fingerprint density at radius 1 is 1.21 bits per heavy atom. The Labute approximate surface area is 204 Å². The minimum atomic E-state index is -0.266. The monoisotopic (exact) mass is 494 g/mol. The Morgan fingerprint density at radius 3 is 2.79 bits per heavy atom. The van der Waals surface area contributed by atoms with E-state index in [9.17, 15) is 9.18 Å². The number of benzene rings is 1. The second-order valence-corrected chi connectivity index (χ2v) is 11.3. The van der Waals surface area contributed by atoms with Gasteiger partial charge in [0.15, 0.2) is 16.6 Å². The molecule has 1 aliphatic carbocycles. The number of halogens is 1. The summed E-state index contributed by atoms with van der Waals surface area (Å²) in [5.74, 6) is 1.19. The van der Waals surface area contributed by atoms with E-state index in [0.29, 0.717) is 29.9 Å². The quantitative estimate of drug-likeness (QED) is 0.420. The standard InChI is InChI=1S/C24H23FN6OS2/c1-12-14-8-16(9-14)31(18(12)11-28-24-30-17-5-4-15(25)10-19(17)34-24)23(32)20-21(33-13(2)29-20)22-26-6-3-7-27-22/h3-7,10,12,14,16,18H,8-9,11H2,1-2H3,(H,28,30). The normalized spacial score (nSPS) is 23.7. The number of fused-ring (bicyclic) bond motifs is 3. The Kier molecular flexibility index (Phi) is 5.29. The Morgan fingerprint density at radius 2 is 2.00 bits per heavy atom. The predicted octanol–water partition coefficient (Wildman–Crippen LogP) is 5.01. The molecule has 1 aromatic carbocycles. The maximum atomic E-state index is 13.9. The van der Waals surface area contributed by atoms with E-state index in [1.165, 1.54) is 34.8 Å². The number of carbonyl (C=O) groups is 1. The van der Waals surface area contributed by atoms with Gasteiger partial charge in [0, 0.05) is 25.0 Å². The number of thiazole rings is 2. The number of hydrogen-bond donors (Lipinski definition) is 1. The highest BCUT2D eigenvalue weighted by Gasteiger charge is 2.51. The Bertz CT molecular complexity index is 1370. The molecule has 1 amide bonds. The van der Waals surface area contributed by atoms with Crippen LogP contribution in [0, 0.1) is 24.6 Å². The van der Waals surface area contributed by atoms with Crippen LogP contribution in [-0.2, 0) is 0 Å². The molecule has 2 saturated heterocycles. The van der Waals surface area contributed by atoms with Crippen molar-refractivity contribution >= 4 is 43.9 Å². The summed E-state index contributed by atoms with van der Waals surface area (Å²) in [6.45, 7) is 4.72. The second-order valence-electron chi connectivity index (χ2n) is 9.02. The van der Waals surface area contributed by atoms with Crippen molar-refractivity contribution in [2.75, 3.05) is 11.9 Å². The van der Waals surface area contributed by atoms with Gasteiger partial charge < -0.3 is 10.2 Å². The molecule has 7 nitrogen and oxygen atoms in total. The fourth-order valence-corrected chi connectivity index (χ4v) is 6.91. The smallest absolute Gasteiger partial charge is 0.274 e. The minimum Gasteiger partial charge on any atom is -0.359 e. The van der Waals surface area contributed by atoms with Crippen LogP contribution in [0.5, 0.6) is 0 Å². The number of amides is 1. The number of nitrogens with one attached hydrogen (secondary N) is 1. The summed E-state index contributed by atoms with van der Waals surface area (Å²) in [5.41, 5.74) is 1.21. The summed E-state index contributed by atoms with van der Waals surface area (Å²) in [6.07, 6.45) is 5.43. The molecule has 1 N–H and O–H groups in total. The van der Waals surface area contributed by atoms with E-state index in [0.717, 1.165) is 38.1 Å². The number of aryl methyl sites for hydroxylation is 1. The van der Waals surface area contributed by atoms with Gasteiger partial charge in [0.1, 0.15) is 10.7 Å². The third-order valence-electron chi connectivity index (χ3n) is 7.00. The molecule has 10 heteroatoms. The first-order valence-electron chi connectivity index (χ1n) is 11.4. The zero-order valence-electron chi connectivity index (χ0n) is 18.7. The lowest BCUT2D eigenvalue weighted by Crippen LogP contribution is -2.64. The highest BCUT2D eigenvalue weighted by atomic mass is 32.1. The van der Waals surface area contributed by atoms with Gasteiger partial charge in [-0.2, -0.15) is 0 Å². The van der Waals surface area contributed by atoms with E-state index < -0.39 is 0 Å². The molecule has 0 radical (unpaired) electrons. The fraction of sp³-hybridized carbons (Fsp3) is 0.375. The maximum Gasteiger partial charge on any atom is 0.274 e. The van der Waals surface area contributed by atoms with Gasteiger partial charge in [0.25, 0.3) is 5.91 Å². The average Bonchev–Trinajstić information content (AvgIpc) is 3.39. The molecule has 2 unspecified atom stereocenters. The van der Waals surface area contributed by atoms with Crippen LogP contribution in [0.4, 0.5) is 9.52 Å². The van der Waals surface area contributed by atoms with Gasteiger partial charge in [0.2, 0.25) is 0 Å². The van der Waals surface area contributed by atoms with Crippen LogP contribution in [0.25, 0.3) is 20.9 Å². The van der Waals surface area contributed by atoms with Crippen LogP contribution in [-0.4, -0.2) is 49.4 Å². The average molecular weight is 495 g/mol. The Hall–Kier alpha value is -2.98. The molecule has 5 heterocycles. The minimum absolute atomic E-state index is 0.0142. The largest absolute Gasteiger partial charge is 0.359 e. The van der Waals surface area contributed by atoms with Gasteiger partial charge in [-0.15, -0.1) is 11.3 Å². The lowest BCUT2D eigenvalue weighted by Gasteiger charge is -2.57. The van der Waals surface area contributed by atoms with Crippen LogP contribution in [0.2, 0.25) is 0 Å². The molecule has 2 atom stereocenters. The molecule has 2 bridgehead atoms. The van der Waals surface area contributed by atoms with Crippen LogP contribution in [0.15, 0.2) is 36.7 Å². The third kappa shape index (κ3) is 3.65. The molecule has 3 aromatic heterocycles. The number of carbonyl (C=O) groups excluding carboxylic acids is 1. The molecule has 34 heavy (non-hydrogen) atoms. The van der Waals surface area contributed by atoms with Gasteiger partial charge in [-0.3, -0.25) is 4.79 Å². The van der Waals surface area contributed by atoms with Crippen LogP contribution in [0.3, 0.4) is 0 Å². The first-order chi connectivity index (χ1) is 16.5. The SMILES string of the molecule is Cc1nc(C(=O)N2C3CC(C3)C(C)C2CNc2nc3ccc(F)cc3s2)c(-c2ncccn2)s1. The number of nitrogens with zero attached hydrogens (tertiary/aromatic N) is 5. The highest BCUT2D eigenvalue weighted by Crippen LogP contribution is 2.47. The number of piperidine rings is 2. The first kappa shape index (κ1) is 21.5. The third-order valence-corrected chi connectivity index (χ3v) is 8.95. The topological polar surface area (TPSA) is 83.9 Å². The number of anilines is 1. The molecule has 174 valence electrons. The maximum absolute atomic E-state index is 13.9. The van der Waals surface area contributed by atoms with Crippen molar-refractivity contribution in [2.24, 2.45) is 11.8 Å². The molecule has 2 aliphatic heterocycles. The van der Waals surface area contributed by atoms with Gasteiger partial charge in [-0.05, 0) is 55.9 Å². The number of rotatable bonds is 5. The fourth-order valence-electron chi connectivity index (χ4n) is 5.15. The van der Waals surface area contributed by atoms with Crippen molar-refractivity contribution in [1.82, 2.24) is 24.8 Å². The van der Waals surface area contributed by atoms with Gasteiger partial charge >= 0.3 is 0 Å². The van der Waals surface area contributed by atoms with Crippen LogP contribution >= 0.6 is 22.7 Å². The lowest BCUT2D eigenvalue weighted by molar-refractivity contribution is -0.0504. The lowest BCUT2D eigenvalue weighted by atomic mass is 9.64. The molecular formula is C24H23FN6OS2. The molecular weight excluding hydrogens is 471 g/mol. The van der Waals surface area contributed by atoms with E-state index in [4.69, 9.17) is 0 Å². The van der Waals surface area contributed by atoms with Crippen LogP contribution < -0.4 is 5.32 Å². The number of aromatic nitrogens is 4. The summed E-state index contributed by atoms with van der Waals surface area (Å²) >= 11 is 2.88. The van der Waals surface area contributed by atoms with Gasteiger partial charge in [-0.25, -0.2) is 24.3 Å². The zero-order valence-corrected chi connectivity index (χ0v) is 20.4. The zero-order chi connectivity index (χ0) is 23.4. The van der Waals surface area contributed by atoms with E-state index >= 15 is 0 Å².